The maximum Gasteiger partial charge on any atom is 0.0487 e. The normalized spacial score (nSPS) is 14.1. The Morgan fingerprint density at radius 3 is 2.28 bits per heavy atom. The van der Waals surface area contributed by atoms with Gasteiger partial charge in [0.15, 0.2) is 0 Å². The van der Waals surface area contributed by atoms with E-state index in [1.165, 1.54) is 81.2 Å². The van der Waals surface area contributed by atoms with Crippen molar-refractivity contribution in [2.75, 3.05) is 11.9 Å². The van der Waals surface area contributed by atoms with Crippen LogP contribution < -0.4 is 4.90 Å². The molecule has 25 heavy (non-hydrogen) atoms. The molecule has 0 aliphatic carbocycles. The second-order valence-electron chi connectivity index (χ2n) is 7.19. The lowest BCUT2D eigenvalue weighted by molar-refractivity contribution is 0.566. The fourth-order valence-electron chi connectivity index (χ4n) is 3.47. The van der Waals surface area contributed by atoms with E-state index in [0.717, 1.165) is 5.57 Å². The number of hydrogen-bond acceptors (Lipinski definition) is 1. The summed E-state index contributed by atoms with van der Waals surface area (Å²) in [5.41, 5.74) is 4.83. The van der Waals surface area contributed by atoms with Crippen molar-refractivity contribution in [2.45, 2.75) is 71.1 Å². The summed E-state index contributed by atoms with van der Waals surface area (Å²) in [4.78, 5) is 2.26. The smallest absolute Gasteiger partial charge is 0.0487 e. The largest absolute Gasteiger partial charge is 0.344 e. The van der Waals surface area contributed by atoms with E-state index in [1.807, 2.05) is 0 Å². The first-order valence-corrected chi connectivity index (χ1v) is 10.1. The van der Waals surface area contributed by atoms with Crippen molar-refractivity contribution >= 4 is 11.3 Å². The van der Waals surface area contributed by atoms with Crippen LogP contribution in [0.2, 0.25) is 0 Å². The lowest BCUT2D eigenvalue weighted by Gasteiger charge is -2.28. The molecule has 0 fully saturated rings. The summed E-state index contributed by atoms with van der Waals surface area (Å²) >= 11 is 0. The number of unbranched alkanes of at least 4 members (excludes halogenated alkanes) is 9. The molecular formula is C24H35N. The zero-order chi connectivity index (χ0) is 17.9. The average Bonchev–Trinajstić information content (AvgIpc) is 2.63. The van der Waals surface area contributed by atoms with Crippen LogP contribution >= 0.6 is 0 Å². The molecule has 1 heterocycles. The highest BCUT2D eigenvalue weighted by Gasteiger charge is 2.16. The van der Waals surface area contributed by atoms with E-state index in [-0.39, 0.29) is 0 Å². The van der Waals surface area contributed by atoms with Gasteiger partial charge in [-0.15, -0.1) is 0 Å². The molecule has 1 heteroatoms. The van der Waals surface area contributed by atoms with Crippen LogP contribution in [0.1, 0.15) is 76.7 Å². The number of likely N-dealkylation sites (N-methyl/N-ethyl adjacent to an activating group) is 1. The maximum atomic E-state index is 4.21. The number of benzene rings is 1. The minimum Gasteiger partial charge on any atom is -0.344 e. The summed E-state index contributed by atoms with van der Waals surface area (Å²) < 4.78 is 0. The monoisotopic (exact) mass is 337 g/mol. The van der Waals surface area contributed by atoms with Gasteiger partial charge in [0.25, 0.3) is 0 Å². The Kier molecular flexibility index (Phi) is 8.59. The zero-order valence-electron chi connectivity index (χ0n) is 16.3. The second kappa shape index (κ2) is 11.0. The predicted molar refractivity (Wildman–Crippen MR) is 113 cm³/mol. The standard InChI is InChI=1S/C24H35N/c1-4-5-6-7-8-9-10-11-12-13-14-17-22-20-21(2)23-18-15-16-19-24(23)25(22)3/h14-20H,2,4-13H2,1,3H3/b17-14-. The van der Waals surface area contributed by atoms with Crippen molar-refractivity contribution in [1.82, 2.24) is 0 Å². The molecule has 0 atom stereocenters. The minimum atomic E-state index is 1.11. The SMILES string of the molecule is C=C1C=C(/C=C\CCCCCCCCCCC)N(C)c2ccccc21. The predicted octanol–water partition coefficient (Wildman–Crippen LogP) is 7.51. The summed E-state index contributed by atoms with van der Waals surface area (Å²) in [5.74, 6) is 0. The third kappa shape index (κ3) is 6.23. The number of nitrogens with zero attached hydrogens (tertiary/aromatic N) is 1. The molecule has 0 bridgehead atoms. The summed E-state index contributed by atoms with van der Waals surface area (Å²) in [5, 5.41) is 0. The molecule has 2 rings (SSSR count). The van der Waals surface area contributed by atoms with Crippen LogP contribution in [0.5, 0.6) is 0 Å². The van der Waals surface area contributed by atoms with E-state index >= 15 is 0 Å². The lowest BCUT2D eigenvalue weighted by atomic mass is 9.99. The van der Waals surface area contributed by atoms with Gasteiger partial charge in [0, 0.05) is 24.0 Å². The number of fused-ring (bicyclic) bond motifs is 1. The molecule has 0 aromatic heterocycles. The molecule has 1 nitrogen and oxygen atoms in total. The maximum absolute atomic E-state index is 4.21. The highest BCUT2D eigenvalue weighted by Crippen LogP contribution is 2.34. The van der Waals surface area contributed by atoms with Gasteiger partial charge in [0.2, 0.25) is 0 Å². The highest BCUT2D eigenvalue weighted by molar-refractivity contribution is 5.87. The van der Waals surface area contributed by atoms with E-state index < -0.39 is 0 Å². The summed E-state index contributed by atoms with van der Waals surface area (Å²) in [6.07, 6.45) is 20.5. The van der Waals surface area contributed by atoms with E-state index in [2.05, 4.69) is 67.9 Å². The second-order valence-corrected chi connectivity index (χ2v) is 7.19. The first-order chi connectivity index (χ1) is 12.2. The Bertz CT molecular complexity index is 594. The molecule has 1 aromatic carbocycles. The van der Waals surface area contributed by atoms with Gasteiger partial charge >= 0.3 is 0 Å². The summed E-state index contributed by atoms with van der Waals surface area (Å²) in [7, 11) is 2.14. The molecule has 0 amide bonds. The average molecular weight is 338 g/mol. The molecule has 1 aliphatic heterocycles. The zero-order valence-corrected chi connectivity index (χ0v) is 16.3. The topological polar surface area (TPSA) is 3.24 Å². The van der Waals surface area contributed by atoms with Crippen LogP contribution in [-0.4, -0.2) is 7.05 Å². The van der Waals surface area contributed by atoms with Crippen molar-refractivity contribution in [1.29, 1.82) is 0 Å². The minimum absolute atomic E-state index is 1.11. The van der Waals surface area contributed by atoms with Gasteiger partial charge < -0.3 is 4.90 Å². The third-order valence-electron chi connectivity index (χ3n) is 5.08. The van der Waals surface area contributed by atoms with Gasteiger partial charge in [0.05, 0.1) is 0 Å². The molecule has 0 saturated heterocycles. The molecule has 0 saturated carbocycles. The fraction of sp³-hybridized carbons (Fsp3) is 0.500. The van der Waals surface area contributed by atoms with Crippen LogP contribution in [-0.2, 0) is 0 Å². The summed E-state index contributed by atoms with van der Waals surface area (Å²) in [6.45, 7) is 6.49. The first-order valence-electron chi connectivity index (χ1n) is 10.1. The highest BCUT2D eigenvalue weighted by atomic mass is 15.1. The Labute approximate surface area is 155 Å². The molecule has 0 spiro atoms. The molecule has 0 N–H and O–H groups in total. The van der Waals surface area contributed by atoms with E-state index in [1.54, 1.807) is 0 Å². The van der Waals surface area contributed by atoms with E-state index in [0.29, 0.717) is 0 Å². The van der Waals surface area contributed by atoms with Crippen molar-refractivity contribution in [3.63, 3.8) is 0 Å². The van der Waals surface area contributed by atoms with E-state index in [9.17, 15) is 0 Å². The van der Waals surface area contributed by atoms with Crippen LogP contribution in [0.15, 0.2) is 54.8 Å². The molecular weight excluding hydrogens is 302 g/mol. The number of rotatable bonds is 11. The van der Waals surface area contributed by atoms with Crippen molar-refractivity contribution in [3.8, 4) is 0 Å². The van der Waals surface area contributed by atoms with E-state index in [4.69, 9.17) is 0 Å². The molecule has 0 radical (unpaired) electrons. The molecule has 136 valence electrons. The number of anilines is 1. The van der Waals surface area contributed by atoms with Crippen molar-refractivity contribution < 1.29 is 0 Å². The van der Waals surface area contributed by atoms with Crippen LogP contribution in [0, 0.1) is 0 Å². The van der Waals surface area contributed by atoms with Crippen LogP contribution in [0.3, 0.4) is 0 Å². The van der Waals surface area contributed by atoms with Gasteiger partial charge in [-0.2, -0.15) is 0 Å². The quantitative estimate of drug-likeness (QED) is 0.378. The molecule has 0 unspecified atom stereocenters. The Morgan fingerprint density at radius 1 is 0.920 bits per heavy atom. The number of para-hydroxylation sites is 1. The van der Waals surface area contributed by atoms with Gasteiger partial charge in [-0.1, -0.05) is 89.1 Å². The van der Waals surface area contributed by atoms with Crippen molar-refractivity contribution in [3.05, 3.63) is 60.3 Å². The first kappa shape index (κ1) is 19.6. The lowest BCUT2D eigenvalue weighted by Crippen LogP contribution is -2.19. The Balaban J connectivity index is 1.65. The summed E-state index contributed by atoms with van der Waals surface area (Å²) in [6, 6.07) is 8.49. The fourth-order valence-corrected chi connectivity index (χ4v) is 3.47. The van der Waals surface area contributed by atoms with Gasteiger partial charge in [-0.05, 0) is 36.6 Å². The van der Waals surface area contributed by atoms with Gasteiger partial charge in [-0.3, -0.25) is 0 Å². The van der Waals surface area contributed by atoms with Crippen molar-refractivity contribution in [2.24, 2.45) is 0 Å². The van der Waals surface area contributed by atoms with Crippen LogP contribution in [0.4, 0.5) is 5.69 Å². The number of hydrogen-bond donors (Lipinski definition) is 0. The van der Waals surface area contributed by atoms with Gasteiger partial charge in [-0.25, -0.2) is 0 Å². The van der Waals surface area contributed by atoms with Crippen LogP contribution in [0.25, 0.3) is 5.57 Å². The molecule has 1 aromatic rings. The Hall–Kier alpha value is -1.76. The molecule has 1 aliphatic rings. The Morgan fingerprint density at radius 2 is 1.56 bits per heavy atom. The third-order valence-corrected chi connectivity index (χ3v) is 5.08. The van der Waals surface area contributed by atoms with Gasteiger partial charge in [0.1, 0.15) is 0 Å². The number of allylic oxidation sites excluding steroid dienone is 4.